The quantitative estimate of drug-likeness (QED) is 0.0957. The van der Waals surface area contributed by atoms with E-state index in [4.69, 9.17) is 0 Å². The number of hydrogen-bond acceptors (Lipinski definition) is 2. The van der Waals surface area contributed by atoms with Gasteiger partial charge in [0.15, 0.2) is 0 Å². The van der Waals surface area contributed by atoms with E-state index in [1.165, 1.54) is 0 Å². The van der Waals surface area contributed by atoms with Crippen LogP contribution in [0.25, 0.3) is 43.6 Å². The van der Waals surface area contributed by atoms with Crippen molar-refractivity contribution in [1.82, 2.24) is 19.9 Å². The van der Waals surface area contributed by atoms with Crippen LogP contribution in [0.2, 0.25) is 0 Å². The van der Waals surface area contributed by atoms with Crippen molar-refractivity contribution in [2.24, 2.45) is 0 Å². The predicted molar refractivity (Wildman–Crippen MR) is 214 cm³/mol. The number of rotatable bonds is 8. The standard InChI is InChI=1S/C47H36N4O2/c52-44-19-17-28(22-34(44)46(36-24-48-40-13-5-1-9-30(36)40)37-25-49-41-14-6-2-10-31(37)41)21-29-18-20-45(53)35(23-29)47(38-26-50-42-15-7-3-11-32(38)42)39-27-51-43-16-8-4-12-33(39)43/h1-20,22-27,46-53H,21H2. The van der Waals surface area contributed by atoms with Crippen molar-refractivity contribution in [1.29, 1.82) is 0 Å². The molecule has 10 aromatic rings. The molecule has 6 aromatic carbocycles. The van der Waals surface area contributed by atoms with Crippen molar-refractivity contribution in [3.8, 4) is 11.5 Å². The lowest BCUT2D eigenvalue weighted by Gasteiger charge is -2.21. The second kappa shape index (κ2) is 12.4. The molecule has 0 saturated carbocycles. The van der Waals surface area contributed by atoms with Gasteiger partial charge in [-0.25, -0.2) is 0 Å². The van der Waals surface area contributed by atoms with Crippen LogP contribution >= 0.6 is 0 Å². The summed E-state index contributed by atoms with van der Waals surface area (Å²) in [6, 6.07) is 45.2. The first-order valence-electron chi connectivity index (χ1n) is 18.0. The Hall–Kier alpha value is -6.92. The number of aromatic hydroxyl groups is 2. The van der Waals surface area contributed by atoms with Crippen LogP contribution in [-0.4, -0.2) is 30.1 Å². The summed E-state index contributed by atoms with van der Waals surface area (Å²) in [5.74, 6) is 0.0374. The van der Waals surface area contributed by atoms with Crippen molar-refractivity contribution >= 4 is 43.6 Å². The summed E-state index contributed by atoms with van der Waals surface area (Å²) in [5, 5.41) is 27.7. The lowest BCUT2D eigenvalue weighted by atomic mass is 9.82. The third-order valence-electron chi connectivity index (χ3n) is 10.9. The second-order valence-corrected chi connectivity index (χ2v) is 14.0. The molecule has 0 amide bonds. The molecule has 0 unspecified atom stereocenters. The third kappa shape index (κ3) is 5.18. The van der Waals surface area contributed by atoms with Gasteiger partial charge in [-0.1, -0.05) is 97.1 Å². The first kappa shape index (κ1) is 30.9. The summed E-state index contributed by atoms with van der Waals surface area (Å²) >= 11 is 0. The summed E-state index contributed by atoms with van der Waals surface area (Å²) < 4.78 is 0. The molecule has 0 bridgehead atoms. The highest BCUT2D eigenvalue weighted by molar-refractivity contribution is 5.91. The molecule has 256 valence electrons. The van der Waals surface area contributed by atoms with Gasteiger partial charge in [-0.15, -0.1) is 0 Å². The molecule has 0 aliphatic heterocycles. The predicted octanol–water partition coefficient (Wildman–Crippen LogP) is 11.0. The first-order chi connectivity index (χ1) is 26.1. The number of phenols is 2. The number of aromatic nitrogens is 4. The normalized spacial score (nSPS) is 12.0. The Kier molecular flexibility index (Phi) is 7.22. The molecule has 0 fully saturated rings. The molecule has 0 saturated heterocycles. The second-order valence-electron chi connectivity index (χ2n) is 14.0. The zero-order chi connectivity index (χ0) is 35.5. The van der Waals surface area contributed by atoms with E-state index in [1.54, 1.807) is 0 Å². The zero-order valence-corrected chi connectivity index (χ0v) is 28.8. The number of H-pyrrole nitrogens is 4. The number of phenolic OH excluding ortho intramolecular Hbond substituents is 2. The Morgan fingerprint density at radius 2 is 0.660 bits per heavy atom. The van der Waals surface area contributed by atoms with Crippen molar-refractivity contribution < 1.29 is 10.2 Å². The molecule has 4 aromatic heterocycles. The molecule has 0 spiro atoms. The molecular formula is C47H36N4O2. The van der Waals surface area contributed by atoms with Gasteiger partial charge in [-0.05, 0) is 76.2 Å². The molecule has 10 rings (SSSR count). The van der Waals surface area contributed by atoms with Crippen LogP contribution in [0.15, 0.2) is 158 Å². The molecule has 0 atom stereocenters. The maximum absolute atomic E-state index is 11.6. The van der Waals surface area contributed by atoms with Crippen LogP contribution in [0.1, 0.15) is 56.3 Å². The highest BCUT2D eigenvalue weighted by atomic mass is 16.3. The van der Waals surface area contributed by atoms with Gasteiger partial charge in [-0.3, -0.25) is 0 Å². The van der Waals surface area contributed by atoms with E-state index in [-0.39, 0.29) is 23.3 Å². The maximum atomic E-state index is 11.6. The Morgan fingerprint density at radius 1 is 0.358 bits per heavy atom. The molecule has 53 heavy (non-hydrogen) atoms. The molecule has 4 heterocycles. The Bertz CT molecular complexity index is 2590. The molecule has 0 radical (unpaired) electrons. The lowest BCUT2D eigenvalue weighted by molar-refractivity contribution is 0.467. The number of benzene rings is 6. The van der Waals surface area contributed by atoms with Crippen molar-refractivity contribution in [3.05, 3.63) is 203 Å². The smallest absolute Gasteiger partial charge is 0.119 e. The van der Waals surface area contributed by atoms with Crippen LogP contribution in [0.5, 0.6) is 11.5 Å². The third-order valence-corrected chi connectivity index (χ3v) is 10.9. The van der Waals surface area contributed by atoms with Gasteiger partial charge in [0.25, 0.3) is 0 Å². The summed E-state index contributed by atoms with van der Waals surface area (Å²) in [6.07, 6.45) is 8.91. The number of para-hydroxylation sites is 4. The summed E-state index contributed by atoms with van der Waals surface area (Å²) in [6.45, 7) is 0. The van der Waals surface area contributed by atoms with E-state index < -0.39 is 0 Å². The highest BCUT2D eigenvalue weighted by Gasteiger charge is 2.28. The minimum Gasteiger partial charge on any atom is -0.508 e. The number of fused-ring (bicyclic) bond motifs is 4. The van der Waals surface area contributed by atoms with Gasteiger partial charge < -0.3 is 30.1 Å². The Morgan fingerprint density at radius 3 is 0.981 bits per heavy atom. The number of nitrogens with one attached hydrogen (secondary N) is 4. The summed E-state index contributed by atoms with van der Waals surface area (Å²) in [7, 11) is 0. The minimum atomic E-state index is -0.231. The number of hydrogen-bond donors (Lipinski definition) is 6. The molecule has 6 nitrogen and oxygen atoms in total. The van der Waals surface area contributed by atoms with Gasteiger partial charge >= 0.3 is 0 Å². The molecule has 6 heteroatoms. The van der Waals surface area contributed by atoms with Crippen LogP contribution in [0, 0.1) is 0 Å². The van der Waals surface area contributed by atoms with E-state index in [0.717, 1.165) is 88.1 Å². The molecular weight excluding hydrogens is 653 g/mol. The van der Waals surface area contributed by atoms with Gasteiger partial charge in [0.05, 0.1) is 0 Å². The van der Waals surface area contributed by atoms with E-state index in [1.807, 2.05) is 48.5 Å². The lowest BCUT2D eigenvalue weighted by Crippen LogP contribution is -2.05. The molecule has 6 N–H and O–H groups in total. The van der Waals surface area contributed by atoms with Crippen LogP contribution in [0.3, 0.4) is 0 Å². The van der Waals surface area contributed by atoms with E-state index >= 15 is 0 Å². The minimum absolute atomic E-state index is 0.231. The van der Waals surface area contributed by atoms with E-state index in [2.05, 4.69) is 130 Å². The maximum Gasteiger partial charge on any atom is 0.119 e. The molecule has 0 aliphatic carbocycles. The Balaban J connectivity index is 1.09. The summed E-state index contributed by atoms with van der Waals surface area (Å²) in [4.78, 5) is 13.9. The Labute approximate surface area is 305 Å². The van der Waals surface area contributed by atoms with Gasteiger partial charge in [0.1, 0.15) is 11.5 Å². The SMILES string of the molecule is Oc1ccc(Cc2ccc(O)c(C(c3c[nH]c4ccccc34)c3c[nH]c4ccccc34)c2)cc1C(c1c[nH]c2ccccc12)c1c[nH]c2ccccc12. The topological polar surface area (TPSA) is 104 Å². The highest BCUT2D eigenvalue weighted by Crippen LogP contribution is 2.45. The monoisotopic (exact) mass is 688 g/mol. The summed E-state index contributed by atoms with van der Waals surface area (Å²) in [5.41, 5.74) is 12.4. The van der Waals surface area contributed by atoms with Crippen LogP contribution in [-0.2, 0) is 6.42 Å². The van der Waals surface area contributed by atoms with Crippen LogP contribution in [0.4, 0.5) is 0 Å². The zero-order valence-electron chi connectivity index (χ0n) is 28.8. The van der Waals surface area contributed by atoms with E-state index in [0.29, 0.717) is 6.42 Å². The van der Waals surface area contributed by atoms with Crippen LogP contribution < -0.4 is 0 Å². The van der Waals surface area contributed by atoms with Gasteiger partial charge in [0, 0.05) is 91.4 Å². The largest absolute Gasteiger partial charge is 0.508 e. The van der Waals surface area contributed by atoms with Gasteiger partial charge in [-0.2, -0.15) is 0 Å². The fourth-order valence-electron chi connectivity index (χ4n) is 8.46. The first-order valence-corrected chi connectivity index (χ1v) is 18.0. The van der Waals surface area contributed by atoms with Gasteiger partial charge in [0.2, 0.25) is 0 Å². The van der Waals surface area contributed by atoms with Crippen molar-refractivity contribution in [2.45, 2.75) is 18.3 Å². The van der Waals surface area contributed by atoms with Crippen molar-refractivity contribution in [3.63, 3.8) is 0 Å². The fraction of sp³-hybridized carbons (Fsp3) is 0.0638. The average Bonchev–Trinajstić information content (AvgIpc) is 4.01. The fourth-order valence-corrected chi connectivity index (χ4v) is 8.46. The van der Waals surface area contributed by atoms with Crippen molar-refractivity contribution in [2.75, 3.05) is 0 Å². The van der Waals surface area contributed by atoms with E-state index in [9.17, 15) is 10.2 Å². The molecule has 0 aliphatic rings. The average molecular weight is 689 g/mol. The number of aromatic amines is 4.